The van der Waals surface area contributed by atoms with Gasteiger partial charge >= 0.3 is 0 Å². The Hall–Kier alpha value is -1.22. The first kappa shape index (κ1) is 34.8. The Labute approximate surface area is 303 Å². The number of hydrogen-bond acceptors (Lipinski definition) is 2. The van der Waals surface area contributed by atoms with Crippen LogP contribution in [0.2, 0.25) is 11.6 Å². The fourth-order valence-corrected chi connectivity index (χ4v) is 14.0. The van der Waals surface area contributed by atoms with Gasteiger partial charge in [-0.1, -0.05) is 130 Å². The molecule has 5 aliphatic carbocycles. The van der Waals surface area contributed by atoms with Crippen LogP contribution in [0.1, 0.15) is 160 Å². The maximum Gasteiger partial charge on any atom is 0.194 e. The first-order chi connectivity index (χ1) is 22.8. The van der Waals surface area contributed by atoms with Crippen molar-refractivity contribution in [2.75, 3.05) is 0 Å². The zero-order valence-electron chi connectivity index (χ0n) is 34.0. The Balaban J connectivity index is 1.33. The minimum Gasteiger partial charge on any atom is -0.343 e. The lowest BCUT2D eigenvalue weighted by Gasteiger charge is -2.64. The van der Waals surface area contributed by atoms with E-state index in [4.69, 9.17) is 0 Å². The summed E-state index contributed by atoms with van der Waals surface area (Å²) in [4.78, 5) is 6.34. The van der Waals surface area contributed by atoms with Gasteiger partial charge in [-0.05, 0) is 111 Å². The van der Waals surface area contributed by atoms with Crippen LogP contribution in [0.4, 0.5) is 0 Å². The van der Waals surface area contributed by atoms with E-state index in [2.05, 4.69) is 117 Å². The first-order valence-electron chi connectivity index (χ1n) is 21.3. The van der Waals surface area contributed by atoms with Crippen LogP contribution >= 0.6 is 0 Å². The molecule has 49 heavy (non-hydrogen) atoms. The van der Waals surface area contributed by atoms with E-state index in [1.165, 1.54) is 77.0 Å². The van der Waals surface area contributed by atoms with Crippen LogP contribution in [0, 0.1) is 45.3 Å². The van der Waals surface area contributed by atoms with Crippen molar-refractivity contribution in [2.24, 2.45) is 45.3 Å². The zero-order valence-corrected chi connectivity index (χ0v) is 34.0. The molecule has 4 fully saturated rings. The summed E-state index contributed by atoms with van der Waals surface area (Å²) in [6, 6.07) is 1.95. The molecule has 0 aromatic rings. The van der Waals surface area contributed by atoms with Crippen LogP contribution in [-0.4, -0.2) is 40.2 Å². The molecule has 0 N–H and O–H groups in total. The summed E-state index contributed by atoms with van der Waals surface area (Å²) in [6.45, 7) is 31.3. The fraction of sp³-hybridized carbons (Fsp3) is 0.826. The van der Waals surface area contributed by atoms with Crippen molar-refractivity contribution in [1.29, 1.82) is 0 Å². The highest BCUT2D eigenvalue weighted by molar-refractivity contribution is 6.72. The second kappa shape index (κ2) is 11.4. The lowest BCUT2D eigenvalue weighted by Crippen LogP contribution is -2.67. The minimum absolute atomic E-state index is 0.158. The molecule has 270 valence electrons. The van der Waals surface area contributed by atoms with Crippen molar-refractivity contribution >= 4 is 6.71 Å². The number of fused-ring (bicyclic) bond motifs is 5. The van der Waals surface area contributed by atoms with Gasteiger partial charge in [-0.15, -0.1) is 0 Å². The maximum atomic E-state index is 3.24. The third kappa shape index (κ3) is 5.17. The molecule has 8 aliphatic rings. The first-order valence-corrected chi connectivity index (χ1v) is 21.3. The lowest BCUT2D eigenvalue weighted by atomic mass is 9.22. The molecular weight excluding hydrogens is 591 g/mol. The van der Waals surface area contributed by atoms with Crippen molar-refractivity contribution in [3.63, 3.8) is 0 Å². The Morgan fingerprint density at radius 1 is 0.796 bits per heavy atom. The summed E-state index contributed by atoms with van der Waals surface area (Å²) in [5, 5.41) is 0. The summed E-state index contributed by atoms with van der Waals surface area (Å²) < 4.78 is 0. The van der Waals surface area contributed by atoms with Crippen LogP contribution in [0.5, 0.6) is 0 Å². The van der Waals surface area contributed by atoms with Crippen molar-refractivity contribution in [1.82, 2.24) is 9.80 Å². The normalized spacial score (nSPS) is 40.1. The van der Waals surface area contributed by atoms with Gasteiger partial charge in [0, 0.05) is 46.4 Å². The molecular formula is C46H73BN2. The molecule has 0 aromatic heterocycles. The maximum absolute atomic E-state index is 3.24. The van der Waals surface area contributed by atoms with Gasteiger partial charge in [0.25, 0.3) is 0 Å². The van der Waals surface area contributed by atoms with E-state index < -0.39 is 0 Å². The third-order valence-electron chi connectivity index (χ3n) is 16.8. The monoisotopic (exact) mass is 665 g/mol. The molecule has 3 aliphatic heterocycles. The molecule has 2 nitrogen and oxygen atoms in total. The van der Waals surface area contributed by atoms with Crippen LogP contribution in [0.25, 0.3) is 0 Å². The molecule has 3 heterocycles. The van der Waals surface area contributed by atoms with Gasteiger partial charge in [0.1, 0.15) is 0 Å². The summed E-state index contributed by atoms with van der Waals surface area (Å²) in [7, 11) is 0. The molecule has 1 spiro atoms. The van der Waals surface area contributed by atoms with E-state index in [1.54, 1.807) is 11.3 Å². The quantitative estimate of drug-likeness (QED) is 0.203. The van der Waals surface area contributed by atoms with Gasteiger partial charge in [-0.25, -0.2) is 0 Å². The van der Waals surface area contributed by atoms with Crippen LogP contribution < -0.4 is 0 Å². The van der Waals surface area contributed by atoms with Gasteiger partial charge < -0.3 is 4.90 Å². The highest BCUT2D eigenvalue weighted by Crippen LogP contribution is 2.71. The summed E-state index contributed by atoms with van der Waals surface area (Å²) in [6.07, 6.45) is 27.8. The highest BCUT2D eigenvalue weighted by atomic mass is 15.3. The molecule has 0 bridgehead atoms. The van der Waals surface area contributed by atoms with Crippen molar-refractivity contribution in [3.8, 4) is 0 Å². The van der Waals surface area contributed by atoms with Crippen LogP contribution in [0.15, 0.2) is 46.7 Å². The number of nitrogens with zero attached hydrogens (tertiary/aromatic N) is 2. The second-order valence-corrected chi connectivity index (χ2v) is 22.6. The molecule has 0 aromatic carbocycles. The lowest BCUT2D eigenvalue weighted by molar-refractivity contribution is 0.00108. The second-order valence-electron chi connectivity index (χ2n) is 22.6. The molecule has 0 radical (unpaired) electrons. The number of hydrogen-bond donors (Lipinski definition) is 0. The van der Waals surface area contributed by atoms with Crippen LogP contribution in [0.3, 0.4) is 0 Å². The average Bonchev–Trinajstić information content (AvgIpc) is 3.20. The van der Waals surface area contributed by atoms with Crippen molar-refractivity contribution in [2.45, 2.75) is 195 Å². The Bertz CT molecular complexity index is 1450. The van der Waals surface area contributed by atoms with Gasteiger partial charge in [0.15, 0.2) is 6.71 Å². The summed E-state index contributed by atoms with van der Waals surface area (Å²) in [5.74, 6) is 4.21. The zero-order chi connectivity index (χ0) is 35.1. The third-order valence-corrected chi connectivity index (χ3v) is 16.8. The van der Waals surface area contributed by atoms with Gasteiger partial charge in [-0.2, -0.15) is 0 Å². The number of allylic oxidation sites excluding steroid dienone is 6. The van der Waals surface area contributed by atoms with Crippen molar-refractivity contribution in [3.05, 3.63) is 46.7 Å². The smallest absolute Gasteiger partial charge is 0.194 e. The van der Waals surface area contributed by atoms with E-state index in [9.17, 15) is 0 Å². The van der Waals surface area contributed by atoms with E-state index >= 15 is 0 Å². The molecule has 0 amide bonds. The molecule has 8 rings (SSSR count). The Kier molecular flexibility index (Phi) is 8.10. The molecule has 2 saturated carbocycles. The molecule has 9 atom stereocenters. The fourth-order valence-electron chi connectivity index (χ4n) is 14.0. The SMILES string of the molecule is CC1C=C2C3B(C4=C5C(CC(C(C)(C)C)=C4)C4(CCCCC4)C(C)(C)N25)C2CC(C(C)(C)C)CCC2N(C2C=CC(C(C)(C)C)CC2)C3C1. The van der Waals surface area contributed by atoms with E-state index in [1.807, 2.05) is 11.2 Å². The Morgan fingerprint density at radius 3 is 2.12 bits per heavy atom. The standard InChI is InChI=1S/C46H73BN2/c1-29-24-38-40-39(25-29)49-41-34(46(45(49,11)12)22-14-13-15-23-46)26-32(44(8,9)10)28-36(41)47(40)35-27-31(43(5,6)7)18-21-37(35)48(38)33-19-16-30(17-20-33)42(2,3)4/h16,19,25,28-31,33-35,37-38,40H,13-15,17-18,20-24,26-27H2,1-12H3. The van der Waals surface area contributed by atoms with Gasteiger partial charge in [0.2, 0.25) is 0 Å². The minimum atomic E-state index is 0.158. The highest BCUT2D eigenvalue weighted by Gasteiger charge is 2.69. The van der Waals surface area contributed by atoms with E-state index in [0.717, 1.165) is 11.7 Å². The molecule has 2 saturated heterocycles. The summed E-state index contributed by atoms with van der Waals surface area (Å²) in [5.41, 5.74) is 8.71. The van der Waals surface area contributed by atoms with Gasteiger partial charge in [-0.3, -0.25) is 4.90 Å². The van der Waals surface area contributed by atoms with Crippen molar-refractivity contribution < 1.29 is 0 Å². The topological polar surface area (TPSA) is 6.48 Å². The Morgan fingerprint density at radius 2 is 1.51 bits per heavy atom. The van der Waals surface area contributed by atoms with Crippen LogP contribution in [-0.2, 0) is 0 Å². The van der Waals surface area contributed by atoms with E-state index in [-0.39, 0.29) is 11.0 Å². The average molecular weight is 665 g/mol. The van der Waals surface area contributed by atoms with E-state index in [0.29, 0.717) is 64.7 Å². The number of rotatable bonds is 1. The predicted octanol–water partition coefficient (Wildman–Crippen LogP) is 12.3. The molecule has 3 heteroatoms. The predicted molar refractivity (Wildman–Crippen MR) is 211 cm³/mol. The molecule has 9 unspecified atom stereocenters. The van der Waals surface area contributed by atoms with Gasteiger partial charge in [0.05, 0.1) is 0 Å². The largest absolute Gasteiger partial charge is 0.343 e. The summed E-state index contributed by atoms with van der Waals surface area (Å²) >= 11 is 0.